The number of methoxy groups -OCH3 is 1. The highest BCUT2D eigenvalue weighted by atomic mass is 32.1. The summed E-state index contributed by atoms with van der Waals surface area (Å²) >= 11 is 1.29. The molecule has 4 nitrogen and oxygen atoms in total. The van der Waals surface area contributed by atoms with Gasteiger partial charge in [-0.1, -0.05) is 12.1 Å². The van der Waals surface area contributed by atoms with Gasteiger partial charge in [0.2, 0.25) is 0 Å². The molecule has 0 aliphatic carbocycles. The second-order valence-electron chi connectivity index (χ2n) is 3.94. The van der Waals surface area contributed by atoms with E-state index in [1.807, 2.05) is 24.3 Å². The molecule has 2 N–H and O–H groups in total. The predicted molar refractivity (Wildman–Crippen MR) is 75.7 cm³/mol. The summed E-state index contributed by atoms with van der Waals surface area (Å²) < 4.78 is 10.3. The summed E-state index contributed by atoms with van der Waals surface area (Å²) in [6.07, 6.45) is 0.668. The second-order valence-corrected chi connectivity index (χ2v) is 4.86. The minimum atomic E-state index is -0.360. The molecule has 1 heterocycles. The summed E-state index contributed by atoms with van der Waals surface area (Å²) in [6, 6.07) is 9.37. The van der Waals surface area contributed by atoms with Crippen LogP contribution >= 0.6 is 11.3 Å². The summed E-state index contributed by atoms with van der Waals surface area (Å²) in [5.41, 5.74) is 7.21. The summed E-state index contributed by atoms with van der Waals surface area (Å²) in [4.78, 5) is 12.2. The lowest BCUT2D eigenvalue weighted by Gasteiger charge is -2.05. The zero-order chi connectivity index (χ0) is 13.7. The fourth-order valence-electron chi connectivity index (χ4n) is 1.60. The third-order valence-electron chi connectivity index (χ3n) is 2.66. The van der Waals surface area contributed by atoms with Crippen molar-refractivity contribution in [2.75, 3.05) is 19.5 Å². The Morgan fingerprint density at radius 3 is 2.58 bits per heavy atom. The van der Waals surface area contributed by atoms with E-state index in [2.05, 4.69) is 0 Å². The van der Waals surface area contributed by atoms with Crippen LogP contribution in [0.3, 0.4) is 0 Å². The van der Waals surface area contributed by atoms with E-state index in [9.17, 15) is 4.79 Å². The Balaban J connectivity index is 1.83. The molecule has 0 aliphatic heterocycles. The van der Waals surface area contributed by atoms with E-state index in [1.54, 1.807) is 18.6 Å². The largest absolute Gasteiger partial charge is 0.497 e. The van der Waals surface area contributed by atoms with Crippen LogP contribution in [-0.2, 0) is 11.2 Å². The molecule has 0 bridgehead atoms. The topological polar surface area (TPSA) is 61.5 Å². The highest BCUT2D eigenvalue weighted by Gasteiger charge is 2.12. The van der Waals surface area contributed by atoms with Gasteiger partial charge in [-0.3, -0.25) is 0 Å². The fraction of sp³-hybridized carbons (Fsp3) is 0.214. The summed E-state index contributed by atoms with van der Waals surface area (Å²) in [5, 5.41) is 1.77. The van der Waals surface area contributed by atoms with Gasteiger partial charge >= 0.3 is 5.97 Å². The van der Waals surface area contributed by atoms with E-state index < -0.39 is 0 Å². The molecule has 0 unspecified atom stereocenters. The van der Waals surface area contributed by atoms with Gasteiger partial charge in [-0.05, 0) is 29.1 Å². The third-order valence-corrected chi connectivity index (χ3v) is 3.57. The van der Waals surface area contributed by atoms with Gasteiger partial charge in [0.1, 0.15) is 10.6 Å². The molecule has 2 rings (SSSR count). The SMILES string of the molecule is COc1ccc(CCOC(=O)c2sccc2N)cc1. The average Bonchev–Trinajstić information content (AvgIpc) is 2.86. The molecule has 0 fully saturated rings. The summed E-state index contributed by atoms with van der Waals surface area (Å²) in [6.45, 7) is 0.336. The van der Waals surface area contributed by atoms with E-state index in [1.165, 1.54) is 11.3 Å². The standard InChI is InChI=1S/C14H15NO3S/c1-17-11-4-2-10(3-5-11)6-8-18-14(16)13-12(15)7-9-19-13/h2-5,7,9H,6,8,15H2,1H3. The zero-order valence-electron chi connectivity index (χ0n) is 10.6. The third kappa shape index (κ3) is 3.48. The highest BCUT2D eigenvalue weighted by molar-refractivity contribution is 7.12. The van der Waals surface area contributed by atoms with Crippen molar-refractivity contribution in [3.05, 3.63) is 46.2 Å². The molecule has 0 aliphatic rings. The average molecular weight is 277 g/mol. The molecule has 0 saturated heterocycles. The molecule has 2 aromatic rings. The number of anilines is 1. The van der Waals surface area contributed by atoms with Crippen LogP contribution in [-0.4, -0.2) is 19.7 Å². The highest BCUT2D eigenvalue weighted by Crippen LogP contribution is 2.19. The van der Waals surface area contributed by atoms with E-state index in [-0.39, 0.29) is 5.97 Å². The first-order valence-electron chi connectivity index (χ1n) is 5.83. The van der Waals surface area contributed by atoms with E-state index in [0.717, 1.165) is 11.3 Å². The number of thiophene rings is 1. The Morgan fingerprint density at radius 2 is 2.00 bits per heavy atom. The van der Waals surface area contributed by atoms with Crippen molar-refractivity contribution in [1.29, 1.82) is 0 Å². The zero-order valence-corrected chi connectivity index (χ0v) is 11.4. The van der Waals surface area contributed by atoms with Crippen molar-refractivity contribution in [3.63, 3.8) is 0 Å². The van der Waals surface area contributed by atoms with Crippen molar-refractivity contribution in [2.24, 2.45) is 0 Å². The minimum Gasteiger partial charge on any atom is -0.497 e. The number of hydrogen-bond acceptors (Lipinski definition) is 5. The van der Waals surface area contributed by atoms with Crippen LogP contribution in [0.4, 0.5) is 5.69 Å². The van der Waals surface area contributed by atoms with Gasteiger partial charge in [0.05, 0.1) is 19.4 Å². The van der Waals surface area contributed by atoms with Gasteiger partial charge in [0, 0.05) is 6.42 Å². The minimum absolute atomic E-state index is 0.336. The molecule has 0 amide bonds. The van der Waals surface area contributed by atoms with Crippen LogP contribution < -0.4 is 10.5 Å². The molecule has 0 radical (unpaired) electrons. The van der Waals surface area contributed by atoms with Gasteiger partial charge in [-0.2, -0.15) is 0 Å². The number of esters is 1. The lowest BCUT2D eigenvalue weighted by molar-refractivity contribution is 0.0516. The molecule has 5 heteroatoms. The lowest BCUT2D eigenvalue weighted by atomic mass is 10.1. The Hall–Kier alpha value is -2.01. The van der Waals surface area contributed by atoms with Gasteiger partial charge < -0.3 is 15.2 Å². The molecule has 0 atom stereocenters. The fourth-order valence-corrected chi connectivity index (χ4v) is 2.31. The Bertz CT molecular complexity index is 548. The number of carbonyl (C=O) groups is 1. The summed E-state index contributed by atoms with van der Waals surface area (Å²) in [5.74, 6) is 0.452. The van der Waals surface area contributed by atoms with Crippen LogP contribution in [0.2, 0.25) is 0 Å². The Kier molecular flexibility index (Phi) is 4.41. The van der Waals surface area contributed by atoms with Crippen LogP contribution in [0.25, 0.3) is 0 Å². The van der Waals surface area contributed by atoms with Crippen LogP contribution in [0.5, 0.6) is 5.75 Å². The monoisotopic (exact) mass is 277 g/mol. The number of rotatable bonds is 5. The quantitative estimate of drug-likeness (QED) is 0.854. The second kappa shape index (κ2) is 6.24. The number of carbonyl (C=O) groups excluding carboxylic acids is 1. The van der Waals surface area contributed by atoms with Crippen molar-refractivity contribution in [3.8, 4) is 5.75 Å². The number of hydrogen-bond donors (Lipinski definition) is 1. The lowest BCUT2D eigenvalue weighted by Crippen LogP contribution is -2.08. The molecule has 1 aromatic carbocycles. The van der Waals surface area contributed by atoms with E-state index in [0.29, 0.717) is 23.6 Å². The molecule has 100 valence electrons. The maximum Gasteiger partial charge on any atom is 0.350 e. The Labute approximate surface area is 115 Å². The molecular formula is C14H15NO3S. The molecule has 0 saturated carbocycles. The first-order valence-corrected chi connectivity index (χ1v) is 6.71. The first-order chi connectivity index (χ1) is 9.20. The van der Waals surface area contributed by atoms with E-state index in [4.69, 9.17) is 15.2 Å². The van der Waals surface area contributed by atoms with Gasteiger partial charge in [0.15, 0.2) is 0 Å². The Morgan fingerprint density at radius 1 is 1.26 bits per heavy atom. The summed E-state index contributed by atoms with van der Waals surface area (Å²) in [7, 11) is 1.63. The van der Waals surface area contributed by atoms with Crippen molar-refractivity contribution in [2.45, 2.75) is 6.42 Å². The van der Waals surface area contributed by atoms with Gasteiger partial charge in [0.25, 0.3) is 0 Å². The van der Waals surface area contributed by atoms with Crippen LogP contribution in [0.15, 0.2) is 35.7 Å². The van der Waals surface area contributed by atoms with Crippen LogP contribution in [0, 0.1) is 0 Å². The maximum atomic E-state index is 11.7. The molecule has 0 spiro atoms. The van der Waals surface area contributed by atoms with Crippen molar-refractivity contribution < 1.29 is 14.3 Å². The van der Waals surface area contributed by atoms with Crippen LogP contribution in [0.1, 0.15) is 15.2 Å². The predicted octanol–water partition coefficient (Wildman–Crippen LogP) is 2.74. The number of benzene rings is 1. The molecular weight excluding hydrogens is 262 g/mol. The normalized spacial score (nSPS) is 10.2. The van der Waals surface area contributed by atoms with E-state index >= 15 is 0 Å². The van der Waals surface area contributed by atoms with Gasteiger partial charge in [-0.15, -0.1) is 11.3 Å². The van der Waals surface area contributed by atoms with Gasteiger partial charge in [-0.25, -0.2) is 4.79 Å². The first kappa shape index (κ1) is 13.4. The smallest absolute Gasteiger partial charge is 0.350 e. The molecule has 1 aromatic heterocycles. The number of ether oxygens (including phenoxy) is 2. The van der Waals surface area contributed by atoms with Crippen molar-refractivity contribution in [1.82, 2.24) is 0 Å². The number of nitrogen functional groups attached to an aromatic ring is 1. The molecule has 19 heavy (non-hydrogen) atoms. The number of nitrogens with two attached hydrogens (primary N) is 1. The van der Waals surface area contributed by atoms with Crippen molar-refractivity contribution >= 4 is 23.0 Å². The maximum absolute atomic E-state index is 11.7.